The molecule has 0 aliphatic heterocycles. The molecule has 0 amide bonds. The number of furan rings is 2. The lowest BCUT2D eigenvalue weighted by molar-refractivity contribution is 0.665. The number of hydrogen-bond donors (Lipinski definition) is 0. The van der Waals surface area contributed by atoms with E-state index in [1.54, 1.807) is 0 Å². The van der Waals surface area contributed by atoms with Crippen LogP contribution in [0.5, 0.6) is 0 Å². The van der Waals surface area contributed by atoms with Crippen molar-refractivity contribution in [2.24, 2.45) is 0 Å². The van der Waals surface area contributed by atoms with Crippen molar-refractivity contribution in [3.63, 3.8) is 0 Å². The molecule has 2 aromatic heterocycles. The Morgan fingerprint density at radius 2 is 0.766 bits per heavy atom. The lowest BCUT2D eigenvalue weighted by Gasteiger charge is -2.36. The van der Waals surface area contributed by atoms with Crippen LogP contribution >= 0.6 is 0 Å². The molecule has 14 rings (SSSR count). The van der Waals surface area contributed by atoms with E-state index in [0.717, 1.165) is 94.5 Å². The Balaban J connectivity index is 1.08. The Kier molecular flexibility index (Phi) is 10.9. The number of rotatable bonds is 10. The van der Waals surface area contributed by atoms with Crippen LogP contribution in [-0.4, -0.2) is 0 Å². The molecule has 77 heavy (non-hydrogen) atoms. The van der Waals surface area contributed by atoms with Gasteiger partial charge in [0.1, 0.15) is 11.2 Å². The van der Waals surface area contributed by atoms with Crippen molar-refractivity contribution in [3.05, 3.63) is 275 Å². The molecule has 0 radical (unpaired) electrons. The van der Waals surface area contributed by atoms with Gasteiger partial charge in [0.2, 0.25) is 0 Å². The first-order chi connectivity index (χ1) is 37.7. The van der Waals surface area contributed by atoms with E-state index in [1.807, 2.05) is 0 Å². The molecule has 0 unspecified atom stereocenters. The average molecular weight is 995 g/mol. The summed E-state index contributed by atoms with van der Waals surface area (Å²) in [7, 11) is 0. The zero-order valence-electron chi connectivity index (χ0n) is 44.3. The van der Waals surface area contributed by atoms with E-state index in [-0.39, 0.29) is 0 Å². The lowest BCUT2D eigenvalue weighted by Crippen LogP contribution is -2.29. The maximum atomic E-state index is 7.06. The fraction of sp³-hybridized carbons (Fsp3) is 0.123. The summed E-state index contributed by atoms with van der Waals surface area (Å²) in [5.41, 5.74) is 21.0. The minimum absolute atomic E-state index is 0.381. The Bertz CT molecular complexity index is 4370. The van der Waals surface area contributed by atoms with Gasteiger partial charge in [-0.15, -0.1) is 0 Å². The van der Waals surface area contributed by atoms with Crippen molar-refractivity contribution in [3.8, 4) is 11.1 Å². The van der Waals surface area contributed by atoms with E-state index >= 15 is 0 Å². The summed E-state index contributed by atoms with van der Waals surface area (Å²) in [6.45, 7) is 13.3. The third kappa shape index (κ3) is 7.12. The number of fused-ring (bicyclic) bond motifs is 11. The van der Waals surface area contributed by atoms with Gasteiger partial charge < -0.3 is 18.6 Å². The summed E-state index contributed by atoms with van der Waals surface area (Å²) in [6, 6.07) is 85.5. The van der Waals surface area contributed by atoms with E-state index < -0.39 is 5.41 Å². The average Bonchev–Trinajstić information content (AvgIpc) is 4.30. The van der Waals surface area contributed by atoms with Crippen LogP contribution in [0.1, 0.15) is 84.0 Å². The molecule has 0 saturated heterocycles. The van der Waals surface area contributed by atoms with Crippen LogP contribution in [0.15, 0.2) is 239 Å². The Labute approximate surface area is 450 Å². The molecule has 11 aromatic carbocycles. The van der Waals surface area contributed by atoms with Crippen LogP contribution in [0.2, 0.25) is 0 Å². The maximum Gasteiger partial charge on any atom is 0.159 e. The second-order valence-electron chi connectivity index (χ2n) is 21.7. The van der Waals surface area contributed by atoms with Gasteiger partial charge in [0.25, 0.3) is 0 Å². The van der Waals surface area contributed by atoms with Crippen molar-refractivity contribution in [2.75, 3.05) is 9.80 Å². The van der Waals surface area contributed by atoms with Crippen molar-refractivity contribution >= 4 is 88.8 Å². The topological polar surface area (TPSA) is 32.8 Å². The highest BCUT2D eigenvalue weighted by atomic mass is 16.3. The Hall–Kier alpha value is -9.12. The fourth-order valence-electron chi connectivity index (χ4n) is 12.7. The van der Waals surface area contributed by atoms with Crippen LogP contribution < -0.4 is 9.80 Å². The van der Waals surface area contributed by atoms with Gasteiger partial charge in [0, 0.05) is 44.0 Å². The molecule has 0 fully saturated rings. The summed E-state index contributed by atoms with van der Waals surface area (Å²) in [6.07, 6.45) is 0. The molecule has 4 nitrogen and oxygen atoms in total. The van der Waals surface area contributed by atoms with E-state index in [4.69, 9.17) is 8.83 Å². The second-order valence-corrected chi connectivity index (χ2v) is 21.7. The third-order valence-corrected chi connectivity index (χ3v) is 16.5. The van der Waals surface area contributed by atoms with Gasteiger partial charge in [0.05, 0.1) is 22.5 Å². The molecule has 4 heteroatoms. The van der Waals surface area contributed by atoms with E-state index in [2.05, 4.69) is 282 Å². The SMILES string of the molecule is Cc1cccc2c1oc1c(N(c3ccc(C(C)C)cc3)c3ccc4c(c3)C(c3ccccc3)(c3ccccc3)c3cc(N(c5ccc(C(C)C)cc5)c5cccc6c5oc5c(C)cccc56)c5ccccc5c3-4)cccc12. The molecule has 1 aliphatic rings. The molecule has 0 spiro atoms. The molecule has 13 aromatic rings. The van der Waals surface area contributed by atoms with E-state index in [0.29, 0.717) is 11.8 Å². The van der Waals surface area contributed by atoms with Crippen LogP contribution in [0, 0.1) is 13.8 Å². The first-order valence-corrected chi connectivity index (χ1v) is 27.1. The van der Waals surface area contributed by atoms with Crippen LogP contribution in [0.3, 0.4) is 0 Å². The van der Waals surface area contributed by atoms with Gasteiger partial charge in [-0.1, -0.05) is 204 Å². The van der Waals surface area contributed by atoms with E-state index in [9.17, 15) is 0 Å². The van der Waals surface area contributed by atoms with E-state index in [1.165, 1.54) is 49.9 Å². The summed E-state index contributed by atoms with van der Waals surface area (Å²) < 4.78 is 14.1. The molecular weight excluding hydrogens is 937 g/mol. The van der Waals surface area contributed by atoms with Gasteiger partial charge in [-0.05, 0) is 141 Å². The largest absolute Gasteiger partial charge is 0.454 e. The number of nitrogens with zero attached hydrogens (tertiary/aromatic N) is 2. The quantitative estimate of drug-likeness (QED) is 0.137. The molecule has 0 atom stereocenters. The number of hydrogen-bond acceptors (Lipinski definition) is 4. The minimum Gasteiger partial charge on any atom is -0.454 e. The predicted octanol–water partition coefficient (Wildman–Crippen LogP) is 20.8. The smallest absolute Gasteiger partial charge is 0.159 e. The lowest BCUT2D eigenvalue weighted by atomic mass is 9.67. The highest BCUT2D eigenvalue weighted by Crippen LogP contribution is 2.61. The van der Waals surface area contributed by atoms with Crippen LogP contribution in [0.25, 0.3) is 65.8 Å². The fourth-order valence-corrected chi connectivity index (χ4v) is 12.7. The normalized spacial score (nSPS) is 12.9. The monoisotopic (exact) mass is 994 g/mol. The Morgan fingerprint density at radius 1 is 0.338 bits per heavy atom. The van der Waals surface area contributed by atoms with Crippen molar-refractivity contribution in [1.29, 1.82) is 0 Å². The van der Waals surface area contributed by atoms with Crippen LogP contribution in [0.4, 0.5) is 34.1 Å². The zero-order valence-corrected chi connectivity index (χ0v) is 44.3. The highest BCUT2D eigenvalue weighted by Gasteiger charge is 2.48. The highest BCUT2D eigenvalue weighted by molar-refractivity contribution is 6.16. The number of benzene rings is 11. The van der Waals surface area contributed by atoms with Gasteiger partial charge in [-0.25, -0.2) is 0 Å². The molecule has 372 valence electrons. The number of anilines is 6. The van der Waals surface area contributed by atoms with Crippen molar-refractivity contribution < 1.29 is 8.83 Å². The third-order valence-electron chi connectivity index (χ3n) is 16.5. The summed E-state index contributed by atoms with van der Waals surface area (Å²) >= 11 is 0. The summed E-state index contributed by atoms with van der Waals surface area (Å²) in [5, 5.41) is 6.75. The zero-order chi connectivity index (χ0) is 52.1. The second kappa shape index (κ2) is 18.0. The molecule has 2 heterocycles. The maximum absolute atomic E-state index is 7.06. The van der Waals surface area contributed by atoms with Gasteiger partial charge in [-0.2, -0.15) is 0 Å². The molecule has 1 aliphatic carbocycles. The number of aryl methyl sites for hydroxylation is 2. The first-order valence-electron chi connectivity index (χ1n) is 27.1. The molecule has 0 saturated carbocycles. The molecular formula is C73H58N2O2. The van der Waals surface area contributed by atoms with Gasteiger partial charge in [0.15, 0.2) is 11.2 Å². The Morgan fingerprint density at radius 3 is 1.29 bits per heavy atom. The van der Waals surface area contributed by atoms with Crippen molar-refractivity contribution in [1.82, 2.24) is 0 Å². The minimum atomic E-state index is -0.771. The summed E-state index contributed by atoms with van der Waals surface area (Å²) in [5.74, 6) is 0.771. The standard InChI is InChI=1S/C73H58N2O2/c1-45(2)49-33-37-53(38-34-49)74(65-31-17-29-60-58-27-15-19-47(5)69(58)76-71(60)65)55-41-42-62-63(43-55)73(51-21-9-7-10-22-51,52-23-11-8-12-24-52)64-44-67(56-25-13-14-26-57(56)68(62)64)75(54-39-35-50(36-40-54)46(3)4)66-32-18-30-61-59-28-16-20-48(6)70(59)77-72(61)66/h7-46H,1-6H3. The van der Waals surface area contributed by atoms with Gasteiger partial charge in [-0.3, -0.25) is 0 Å². The molecule has 0 bridgehead atoms. The molecule has 0 N–H and O–H groups in total. The van der Waals surface area contributed by atoms with Gasteiger partial charge >= 0.3 is 0 Å². The summed E-state index contributed by atoms with van der Waals surface area (Å²) in [4.78, 5) is 4.87. The van der Waals surface area contributed by atoms with Crippen molar-refractivity contribution in [2.45, 2.75) is 58.8 Å². The predicted molar refractivity (Wildman–Crippen MR) is 323 cm³/mol. The van der Waals surface area contributed by atoms with Crippen LogP contribution in [-0.2, 0) is 5.41 Å². The first kappa shape index (κ1) is 46.4. The number of para-hydroxylation sites is 4.